The summed E-state index contributed by atoms with van der Waals surface area (Å²) in [7, 11) is 2.13. The number of aliphatic imine (C=N–C) groups is 1. The highest BCUT2D eigenvalue weighted by Gasteiger charge is 2.18. The molecule has 5 nitrogen and oxygen atoms in total. The second-order valence-corrected chi connectivity index (χ2v) is 8.41. The maximum Gasteiger partial charge on any atom is 0.0859 e. The molecule has 1 aliphatic heterocycles. The average Bonchev–Trinajstić information content (AvgIpc) is 3.10. The summed E-state index contributed by atoms with van der Waals surface area (Å²) in [6.07, 6.45) is 2.31. The average molecular weight is 404 g/mol. The van der Waals surface area contributed by atoms with Crippen molar-refractivity contribution in [3.05, 3.63) is 59.8 Å². The minimum Gasteiger partial charge on any atom is -0.367 e. The normalized spacial score (nSPS) is 17.4. The van der Waals surface area contributed by atoms with E-state index in [0.29, 0.717) is 6.04 Å². The maximum absolute atomic E-state index is 6.14. The van der Waals surface area contributed by atoms with Crippen molar-refractivity contribution < 1.29 is 0 Å². The number of nitrogens with zero attached hydrogens (tertiary/aromatic N) is 4. The van der Waals surface area contributed by atoms with Crippen molar-refractivity contribution in [1.82, 2.24) is 9.47 Å². The number of hydrogen-bond acceptors (Lipinski definition) is 4. The number of likely N-dealkylation sites (tertiary alicyclic amines) is 1. The van der Waals surface area contributed by atoms with E-state index in [-0.39, 0.29) is 0 Å². The summed E-state index contributed by atoms with van der Waals surface area (Å²) >= 11 is 0. The number of fused-ring (bicyclic) bond motifs is 1. The highest BCUT2D eigenvalue weighted by molar-refractivity contribution is 5.81. The molecular formula is C25H33N5. The fraction of sp³-hybridized carbons (Fsp3) is 0.400. The van der Waals surface area contributed by atoms with Crippen LogP contribution in [0.2, 0.25) is 0 Å². The molecule has 1 aromatic heterocycles. The van der Waals surface area contributed by atoms with Gasteiger partial charge in [0.05, 0.1) is 17.9 Å². The van der Waals surface area contributed by atoms with Gasteiger partial charge in [0.15, 0.2) is 0 Å². The molecule has 0 radical (unpaired) electrons. The van der Waals surface area contributed by atoms with E-state index in [2.05, 4.69) is 88.6 Å². The molecule has 0 bridgehead atoms. The topological polar surface area (TPSA) is 49.8 Å². The van der Waals surface area contributed by atoms with E-state index in [1.165, 1.54) is 28.6 Å². The van der Waals surface area contributed by atoms with Gasteiger partial charge in [-0.1, -0.05) is 24.3 Å². The van der Waals surface area contributed by atoms with Crippen LogP contribution < -0.4 is 10.6 Å². The molecular weight excluding hydrogens is 370 g/mol. The SMILES string of the molecule is C=Nc1cc(CN2CCCC(N)C2)ccc1N(C)Cc1cc2ccccc2n1CC. The monoisotopic (exact) mass is 403 g/mol. The molecule has 0 amide bonds. The van der Waals surface area contributed by atoms with Crippen LogP contribution in [0.3, 0.4) is 0 Å². The van der Waals surface area contributed by atoms with Gasteiger partial charge in [-0.05, 0) is 68.2 Å². The molecule has 1 saturated heterocycles. The number of hydrogen-bond donors (Lipinski definition) is 1. The molecule has 0 spiro atoms. The molecule has 4 rings (SSSR count). The lowest BCUT2D eigenvalue weighted by molar-refractivity contribution is 0.201. The first-order valence-electron chi connectivity index (χ1n) is 10.9. The molecule has 1 fully saturated rings. The van der Waals surface area contributed by atoms with Crippen molar-refractivity contribution in [2.45, 2.75) is 45.4 Å². The van der Waals surface area contributed by atoms with E-state index < -0.39 is 0 Å². The van der Waals surface area contributed by atoms with Gasteiger partial charge in [-0.25, -0.2) is 0 Å². The van der Waals surface area contributed by atoms with E-state index in [0.717, 1.165) is 50.5 Å². The molecule has 1 unspecified atom stereocenters. The maximum atomic E-state index is 6.14. The van der Waals surface area contributed by atoms with Crippen LogP contribution in [0.1, 0.15) is 31.0 Å². The number of aromatic nitrogens is 1. The lowest BCUT2D eigenvalue weighted by atomic mass is 10.1. The summed E-state index contributed by atoms with van der Waals surface area (Å²) in [6.45, 7) is 10.8. The number of benzene rings is 2. The minimum absolute atomic E-state index is 0.298. The highest BCUT2D eigenvalue weighted by Crippen LogP contribution is 2.31. The molecule has 3 aromatic rings. The van der Waals surface area contributed by atoms with Crippen molar-refractivity contribution in [3.63, 3.8) is 0 Å². The van der Waals surface area contributed by atoms with Crippen LogP contribution >= 0.6 is 0 Å². The summed E-state index contributed by atoms with van der Waals surface area (Å²) in [5, 5.41) is 1.29. The van der Waals surface area contributed by atoms with Crippen LogP contribution in [0.15, 0.2) is 53.5 Å². The van der Waals surface area contributed by atoms with Gasteiger partial charge in [0.25, 0.3) is 0 Å². The Morgan fingerprint density at radius 2 is 2.03 bits per heavy atom. The van der Waals surface area contributed by atoms with E-state index in [9.17, 15) is 0 Å². The van der Waals surface area contributed by atoms with Crippen molar-refractivity contribution >= 4 is 29.0 Å². The van der Waals surface area contributed by atoms with Gasteiger partial charge in [-0.15, -0.1) is 0 Å². The summed E-state index contributed by atoms with van der Waals surface area (Å²) in [5.41, 5.74) is 12.1. The van der Waals surface area contributed by atoms with E-state index >= 15 is 0 Å². The summed E-state index contributed by atoms with van der Waals surface area (Å²) in [4.78, 5) is 9.06. The molecule has 2 aromatic carbocycles. The Bertz CT molecular complexity index is 1020. The first-order chi connectivity index (χ1) is 14.6. The molecule has 1 atom stereocenters. The van der Waals surface area contributed by atoms with Gasteiger partial charge in [0.2, 0.25) is 0 Å². The van der Waals surface area contributed by atoms with Gasteiger partial charge in [-0.2, -0.15) is 0 Å². The van der Waals surface area contributed by atoms with Gasteiger partial charge in [0, 0.05) is 43.9 Å². The van der Waals surface area contributed by atoms with Crippen LogP contribution in [0.25, 0.3) is 10.9 Å². The second-order valence-electron chi connectivity index (χ2n) is 8.41. The third-order valence-corrected chi connectivity index (χ3v) is 6.18. The van der Waals surface area contributed by atoms with Gasteiger partial charge in [0.1, 0.15) is 0 Å². The molecule has 2 heterocycles. The van der Waals surface area contributed by atoms with Crippen LogP contribution in [0.5, 0.6) is 0 Å². The van der Waals surface area contributed by atoms with Crippen molar-refractivity contribution in [1.29, 1.82) is 0 Å². The van der Waals surface area contributed by atoms with Crippen LogP contribution in [0.4, 0.5) is 11.4 Å². The Kier molecular flexibility index (Phi) is 6.21. The molecule has 1 aliphatic rings. The zero-order chi connectivity index (χ0) is 21.1. The van der Waals surface area contributed by atoms with E-state index in [1.54, 1.807) is 0 Å². The van der Waals surface area contributed by atoms with Crippen LogP contribution in [-0.2, 0) is 19.6 Å². The molecule has 158 valence electrons. The Hall–Kier alpha value is -2.63. The summed E-state index contributed by atoms with van der Waals surface area (Å²) in [6, 6.07) is 17.8. The standard InChI is InChI=1S/C25H33N5/c1-4-30-22(15-20-8-5-6-10-24(20)30)18-28(3)25-12-11-19(14-23(25)27-2)16-29-13-7-9-21(26)17-29/h5-6,8,10-12,14-15,21H,2,4,7,9,13,16-18,26H2,1,3H3. The number of piperidine rings is 1. The number of nitrogens with two attached hydrogens (primary N) is 1. The predicted octanol–water partition coefficient (Wildman–Crippen LogP) is 4.55. The quantitative estimate of drug-likeness (QED) is 0.589. The molecule has 0 saturated carbocycles. The van der Waals surface area contributed by atoms with Gasteiger partial charge in [-0.3, -0.25) is 9.89 Å². The van der Waals surface area contributed by atoms with Gasteiger partial charge >= 0.3 is 0 Å². The van der Waals surface area contributed by atoms with E-state index in [1.807, 2.05) is 0 Å². The fourth-order valence-corrected chi connectivity index (χ4v) is 4.71. The lowest BCUT2D eigenvalue weighted by Gasteiger charge is -2.31. The Morgan fingerprint density at radius 3 is 2.80 bits per heavy atom. The number of anilines is 1. The first kappa shape index (κ1) is 20.6. The Labute approximate surface area is 179 Å². The fourth-order valence-electron chi connectivity index (χ4n) is 4.71. The largest absolute Gasteiger partial charge is 0.367 e. The second kappa shape index (κ2) is 9.02. The zero-order valence-electron chi connectivity index (χ0n) is 18.2. The summed E-state index contributed by atoms with van der Waals surface area (Å²) < 4.78 is 2.39. The molecule has 2 N–H and O–H groups in total. The molecule has 5 heteroatoms. The Balaban J connectivity index is 1.54. The number of para-hydroxylation sites is 1. The first-order valence-corrected chi connectivity index (χ1v) is 10.9. The molecule has 30 heavy (non-hydrogen) atoms. The zero-order valence-corrected chi connectivity index (χ0v) is 18.2. The van der Waals surface area contributed by atoms with Crippen molar-refractivity contribution in [2.24, 2.45) is 10.7 Å². The third-order valence-electron chi connectivity index (χ3n) is 6.18. The third kappa shape index (κ3) is 4.27. The smallest absolute Gasteiger partial charge is 0.0859 e. The predicted molar refractivity (Wildman–Crippen MR) is 128 cm³/mol. The summed E-state index contributed by atoms with van der Waals surface area (Å²) in [5.74, 6) is 0. The number of aryl methyl sites for hydroxylation is 1. The number of rotatable bonds is 7. The minimum atomic E-state index is 0.298. The van der Waals surface area contributed by atoms with E-state index in [4.69, 9.17) is 5.73 Å². The highest BCUT2D eigenvalue weighted by atomic mass is 15.2. The van der Waals surface area contributed by atoms with Crippen LogP contribution in [0, 0.1) is 0 Å². The Morgan fingerprint density at radius 1 is 1.20 bits per heavy atom. The van der Waals surface area contributed by atoms with Gasteiger partial charge < -0.3 is 15.2 Å². The molecule has 0 aliphatic carbocycles. The van der Waals surface area contributed by atoms with Crippen molar-refractivity contribution in [2.75, 3.05) is 25.0 Å². The lowest BCUT2D eigenvalue weighted by Crippen LogP contribution is -2.42. The van der Waals surface area contributed by atoms with Crippen LogP contribution in [-0.4, -0.2) is 42.4 Å². The van der Waals surface area contributed by atoms with Crippen molar-refractivity contribution in [3.8, 4) is 0 Å².